The Morgan fingerprint density at radius 2 is 1.44 bits per heavy atom. The van der Waals surface area contributed by atoms with Crippen LogP contribution in [-0.4, -0.2) is 29.8 Å². The van der Waals surface area contributed by atoms with Crippen molar-refractivity contribution >= 4 is 46.9 Å². The van der Waals surface area contributed by atoms with Crippen LogP contribution in [0.2, 0.25) is 0 Å². The van der Waals surface area contributed by atoms with E-state index in [9.17, 15) is 14.4 Å². The van der Waals surface area contributed by atoms with Crippen molar-refractivity contribution in [1.82, 2.24) is 10.3 Å². The number of anilines is 2. The molecule has 224 valence electrons. The molecule has 5 rings (SSSR count). The summed E-state index contributed by atoms with van der Waals surface area (Å²) in [6.07, 6.45) is 4.83. The number of ether oxygens (including phenoxy) is 1. The monoisotopic (exact) mass is 614 g/mol. The molecular formula is C36H30N4O4S. The lowest BCUT2D eigenvalue weighted by Gasteiger charge is -2.18. The van der Waals surface area contributed by atoms with E-state index >= 15 is 0 Å². The summed E-state index contributed by atoms with van der Waals surface area (Å²) in [6.45, 7) is 0. The van der Waals surface area contributed by atoms with E-state index in [1.807, 2.05) is 42.5 Å². The van der Waals surface area contributed by atoms with Crippen LogP contribution in [-0.2, 0) is 9.59 Å². The summed E-state index contributed by atoms with van der Waals surface area (Å²) in [5, 5.41) is 8.04. The van der Waals surface area contributed by atoms with Crippen molar-refractivity contribution in [3.63, 3.8) is 0 Å². The molecule has 0 bridgehead atoms. The van der Waals surface area contributed by atoms with E-state index in [1.165, 1.54) is 11.8 Å². The van der Waals surface area contributed by atoms with Gasteiger partial charge in [-0.3, -0.25) is 19.4 Å². The molecule has 1 unspecified atom stereocenters. The van der Waals surface area contributed by atoms with E-state index in [4.69, 9.17) is 4.74 Å². The first-order valence-corrected chi connectivity index (χ1v) is 14.9. The molecule has 0 aliphatic rings. The van der Waals surface area contributed by atoms with Crippen LogP contribution in [0.15, 0.2) is 144 Å². The molecule has 8 nitrogen and oxygen atoms in total. The van der Waals surface area contributed by atoms with E-state index in [-0.39, 0.29) is 11.6 Å². The fourth-order valence-corrected chi connectivity index (χ4v) is 5.42. The van der Waals surface area contributed by atoms with E-state index in [0.717, 1.165) is 10.5 Å². The van der Waals surface area contributed by atoms with Crippen molar-refractivity contribution in [3.8, 4) is 5.75 Å². The molecule has 3 N–H and O–H groups in total. The van der Waals surface area contributed by atoms with Gasteiger partial charge in [-0.2, -0.15) is 0 Å². The first kappa shape index (κ1) is 30.8. The minimum atomic E-state index is -0.569. The molecule has 1 heterocycles. The van der Waals surface area contributed by atoms with Gasteiger partial charge in [0, 0.05) is 34.2 Å². The molecule has 1 aromatic heterocycles. The van der Waals surface area contributed by atoms with Gasteiger partial charge < -0.3 is 20.7 Å². The van der Waals surface area contributed by atoms with Crippen molar-refractivity contribution in [2.75, 3.05) is 17.7 Å². The quantitative estimate of drug-likeness (QED) is 0.110. The number of amides is 3. The number of aromatic nitrogens is 1. The second-order valence-electron chi connectivity index (χ2n) is 9.77. The molecule has 0 fully saturated rings. The zero-order valence-corrected chi connectivity index (χ0v) is 25.2. The minimum absolute atomic E-state index is 0.0611. The number of carbonyl (C=O) groups is 3. The van der Waals surface area contributed by atoms with Gasteiger partial charge in [0.05, 0.1) is 7.11 Å². The fraction of sp³-hybridized carbons (Fsp3) is 0.0556. The third-order valence-electron chi connectivity index (χ3n) is 6.59. The lowest BCUT2D eigenvalue weighted by molar-refractivity contribution is -0.116. The largest absolute Gasteiger partial charge is 0.497 e. The summed E-state index contributed by atoms with van der Waals surface area (Å²) in [6, 6.07) is 36.0. The van der Waals surface area contributed by atoms with Crippen molar-refractivity contribution in [1.29, 1.82) is 0 Å². The number of pyridine rings is 1. The van der Waals surface area contributed by atoms with Crippen LogP contribution >= 0.6 is 11.8 Å². The Labute approximate surface area is 265 Å². The Morgan fingerprint density at radius 3 is 2.13 bits per heavy atom. The summed E-state index contributed by atoms with van der Waals surface area (Å²) in [5.74, 6) is -0.447. The summed E-state index contributed by atoms with van der Waals surface area (Å²) in [7, 11) is 1.58. The Bertz CT molecular complexity index is 1780. The first-order valence-electron chi connectivity index (χ1n) is 14.0. The first-order chi connectivity index (χ1) is 22.0. The van der Waals surface area contributed by atoms with E-state index in [1.54, 1.807) is 104 Å². The second kappa shape index (κ2) is 15.2. The van der Waals surface area contributed by atoms with Gasteiger partial charge in [0.15, 0.2) is 0 Å². The summed E-state index contributed by atoms with van der Waals surface area (Å²) in [5.41, 5.74) is 3.15. The lowest BCUT2D eigenvalue weighted by Crippen LogP contribution is -2.30. The number of carbonyl (C=O) groups excluding carboxylic acids is 3. The van der Waals surface area contributed by atoms with Gasteiger partial charge in [-0.1, -0.05) is 66.7 Å². The standard InChI is InChI=1S/C36H30N4O4S/c1-44-30-17-15-25(16-18-30)23-32(40-34(41)27-11-6-3-7-12-27)35(42)39-29-13-8-14-31(24-29)45-33(26-9-4-2-5-10-26)36(43)38-28-19-21-37-22-20-28/h2-24,33H,1H3,(H,39,42)(H,40,41)(H,37,38,43)/b32-23+. The molecule has 0 aliphatic carbocycles. The third kappa shape index (κ3) is 8.68. The number of nitrogens with zero attached hydrogens (tertiary/aromatic N) is 1. The number of hydrogen-bond acceptors (Lipinski definition) is 6. The predicted molar refractivity (Wildman–Crippen MR) is 178 cm³/mol. The zero-order chi connectivity index (χ0) is 31.4. The Kier molecular flexibility index (Phi) is 10.4. The maximum absolute atomic E-state index is 13.6. The zero-order valence-electron chi connectivity index (χ0n) is 24.3. The van der Waals surface area contributed by atoms with Gasteiger partial charge >= 0.3 is 0 Å². The van der Waals surface area contributed by atoms with Crippen LogP contribution in [0.5, 0.6) is 5.75 Å². The SMILES string of the molecule is COc1ccc(/C=C(/NC(=O)c2ccccc2)C(=O)Nc2cccc(SC(C(=O)Nc3ccncc3)c3ccccc3)c2)cc1. The Morgan fingerprint density at radius 1 is 0.756 bits per heavy atom. The van der Waals surface area contributed by atoms with E-state index in [2.05, 4.69) is 20.9 Å². The smallest absolute Gasteiger partial charge is 0.272 e. The molecule has 45 heavy (non-hydrogen) atoms. The van der Waals surface area contributed by atoms with Crippen molar-refractivity contribution in [2.45, 2.75) is 10.1 Å². The highest BCUT2D eigenvalue weighted by molar-refractivity contribution is 8.00. The van der Waals surface area contributed by atoms with Gasteiger partial charge in [0.25, 0.3) is 11.8 Å². The average Bonchev–Trinajstić information content (AvgIpc) is 3.08. The molecule has 5 aromatic rings. The van der Waals surface area contributed by atoms with Crippen molar-refractivity contribution in [3.05, 3.63) is 156 Å². The fourth-order valence-electron chi connectivity index (χ4n) is 4.33. The van der Waals surface area contributed by atoms with Crippen molar-refractivity contribution < 1.29 is 19.1 Å². The summed E-state index contributed by atoms with van der Waals surface area (Å²) in [4.78, 5) is 44.8. The predicted octanol–water partition coefficient (Wildman–Crippen LogP) is 6.97. The van der Waals surface area contributed by atoms with Crippen LogP contribution in [0.3, 0.4) is 0 Å². The maximum Gasteiger partial charge on any atom is 0.272 e. The highest BCUT2D eigenvalue weighted by atomic mass is 32.2. The molecule has 0 saturated carbocycles. The highest BCUT2D eigenvalue weighted by Crippen LogP contribution is 2.37. The molecule has 0 spiro atoms. The molecule has 3 amide bonds. The Hall–Kier alpha value is -5.67. The van der Waals surface area contributed by atoms with Gasteiger partial charge in [-0.05, 0) is 71.8 Å². The molecule has 0 saturated heterocycles. The normalized spacial score (nSPS) is 11.6. The molecule has 0 radical (unpaired) electrons. The summed E-state index contributed by atoms with van der Waals surface area (Å²) >= 11 is 1.36. The van der Waals surface area contributed by atoms with Crippen LogP contribution < -0.4 is 20.7 Å². The van der Waals surface area contributed by atoms with Crippen LogP contribution in [0, 0.1) is 0 Å². The van der Waals surface area contributed by atoms with Gasteiger partial charge in [-0.25, -0.2) is 0 Å². The number of rotatable bonds is 11. The van der Waals surface area contributed by atoms with Crippen LogP contribution in [0.25, 0.3) is 6.08 Å². The Balaban J connectivity index is 1.37. The van der Waals surface area contributed by atoms with Crippen LogP contribution in [0.4, 0.5) is 11.4 Å². The number of thioether (sulfide) groups is 1. The van der Waals surface area contributed by atoms with Gasteiger partial charge in [-0.15, -0.1) is 11.8 Å². The van der Waals surface area contributed by atoms with E-state index in [0.29, 0.717) is 28.3 Å². The topological polar surface area (TPSA) is 109 Å². The lowest BCUT2D eigenvalue weighted by atomic mass is 10.1. The molecule has 9 heteroatoms. The highest BCUT2D eigenvalue weighted by Gasteiger charge is 2.23. The molecule has 1 atom stereocenters. The average molecular weight is 615 g/mol. The van der Waals surface area contributed by atoms with Crippen molar-refractivity contribution in [2.24, 2.45) is 0 Å². The van der Waals surface area contributed by atoms with Crippen LogP contribution in [0.1, 0.15) is 26.7 Å². The second-order valence-corrected chi connectivity index (χ2v) is 10.9. The molecule has 4 aromatic carbocycles. The molecule has 0 aliphatic heterocycles. The number of hydrogen-bond donors (Lipinski definition) is 3. The maximum atomic E-state index is 13.6. The molecular weight excluding hydrogens is 584 g/mol. The summed E-state index contributed by atoms with van der Waals surface area (Å²) < 4.78 is 5.23. The number of benzene rings is 4. The van der Waals surface area contributed by atoms with Gasteiger partial charge in [0.1, 0.15) is 16.7 Å². The van der Waals surface area contributed by atoms with Gasteiger partial charge in [0.2, 0.25) is 5.91 Å². The number of methoxy groups -OCH3 is 1. The number of nitrogens with one attached hydrogen (secondary N) is 3. The third-order valence-corrected chi connectivity index (χ3v) is 7.84. The van der Waals surface area contributed by atoms with E-state index < -0.39 is 17.1 Å². The minimum Gasteiger partial charge on any atom is -0.497 e.